The summed E-state index contributed by atoms with van der Waals surface area (Å²) >= 11 is 0. The van der Waals surface area contributed by atoms with E-state index in [-0.39, 0.29) is 0 Å². The molecule has 0 aliphatic rings. The van der Waals surface area contributed by atoms with Gasteiger partial charge in [-0.2, -0.15) is 0 Å². The minimum Gasteiger partial charge on any atom is -0.456 e. The van der Waals surface area contributed by atoms with Crippen molar-refractivity contribution in [3.05, 3.63) is 182 Å². The van der Waals surface area contributed by atoms with Crippen LogP contribution in [-0.4, -0.2) is 0 Å². The first-order valence-corrected chi connectivity index (χ1v) is 17.6. The van der Waals surface area contributed by atoms with Gasteiger partial charge >= 0.3 is 0 Å². The van der Waals surface area contributed by atoms with Crippen molar-refractivity contribution >= 4 is 75.8 Å². The van der Waals surface area contributed by atoms with Crippen molar-refractivity contribution in [3.8, 4) is 33.4 Å². The fourth-order valence-corrected chi connectivity index (χ4v) is 8.49. The lowest BCUT2D eigenvalue weighted by molar-refractivity contribution is 0.669. The predicted molar refractivity (Wildman–Crippen MR) is 218 cm³/mol. The Morgan fingerprint density at radius 3 is 1.55 bits per heavy atom. The molecule has 0 aliphatic carbocycles. The molecule has 11 rings (SSSR count). The van der Waals surface area contributed by atoms with Crippen molar-refractivity contribution in [2.45, 2.75) is 0 Å². The number of hydrogen-bond acceptors (Lipinski definition) is 1. The quantitative estimate of drug-likeness (QED) is 0.174. The van der Waals surface area contributed by atoms with Crippen LogP contribution in [0.4, 0.5) is 0 Å². The highest BCUT2D eigenvalue weighted by Gasteiger charge is 2.18. The van der Waals surface area contributed by atoms with Gasteiger partial charge in [0.05, 0.1) is 0 Å². The molecule has 0 atom stereocenters. The molecule has 0 aliphatic heterocycles. The summed E-state index contributed by atoms with van der Waals surface area (Å²) < 4.78 is 6.29. The first-order valence-electron chi connectivity index (χ1n) is 17.6. The third-order valence-electron chi connectivity index (χ3n) is 10.8. The van der Waals surface area contributed by atoms with E-state index in [0.29, 0.717) is 0 Å². The second kappa shape index (κ2) is 10.9. The van der Waals surface area contributed by atoms with E-state index in [4.69, 9.17) is 4.42 Å². The molecule has 0 unspecified atom stereocenters. The van der Waals surface area contributed by atoms with E-state index in [9.17, 15) is 0 Å². The van der Waals surface area contributed by atoms with Gasteiger partial charge in [0.15, 0.2) is 0 Å². The Morgan fingerprint density at radius 2 is 0.804 bits per heavy atom. The Morgan fingerprint density at radius 1 is 0.255 bits per heavy atom. The van der Waals surface area contributed by atoms with Gasteiger partial charge in [-0.25, -0.2) is 0 Å². The summed E-state index contributed by atoms with van der Waals surface area (Å²) in [6, 6.07) is 66.4. The Hall–Kier alpha value is -6.70. The highest BCUT2D eigenvalue weighted by atomic mass is 16.3. The van der Waals surface area contributed by atoms with Crippen molar-refractivity contribution in [1.29, 1.82) is 0 Å². The van der Waals surface area contributed by atoms with Gasteiger partial charge in [-0.15, -0.1) is 0 Å². The molecule has 51 heavy (non-hydrogen) atoms. The Labute approximate surface area is 294 Å². The molecule has 10 aromatic carbocycles. The number of para-hydroxylation sites is 1. The fraction of sp³-hybridized carbons (Fsp3) is 0. The van der Waals surface area contributed by atoms with Crippen LogP contribution in [0, 0.1) is 0 Å². The minimum atomic E-state index is 0.924. The SMILES string of the molecule is c1cc(-c2ccc3cc(-c4c5ccccc5c(-c5cccc6ccccc56)c5ccccc45)ccc3c2)c2cc3oc4ccccc4c3cc2c1. The highest BCUT2D eigenvalue weighted by molar-refractivity contribution is 6.24. The van der Waals surface area contributed by atoms with E-state index < -0.39 is 0 Å². The minimum absolute atomic E-state index is 0.924. The second-order valence-electron chi connectivity index (χ2n) is 13.6. The summed E-state index contributed by atoms with van der Waals surface area (Å²) in [5, 5.41) is 14.8. The summed E-state index contributed by atoms with van der Waals surface area (Å²) in [4.78, 5) is 0. The molecule has 236 valence electrons. The van der Waals surface area contributed by atoms with Crippen LogP contribution in [-0.2, 0) is 0 Å². The second-order valence-corrected chi connectivity index (χ2v) is 13.6. The van der Waals surface area contributed by atoms with Gasteiger partial charge in [-0.05, 0) is 118 Å². The predicted octanol–water partition coefficient (Wildman–Crippen LogP) is 14.4. The van der Waals surface area contributed by atoms with E-state index in [1.165, 1.54) is 87.2 Å². The lowest BCUT2D eigenvalue weighted by Crippen LogP contribution is -1.91. The molecule has 0 amide bonds. The average molecular weight is 647 g/mol. The van der Waals surface area contributed by atoms with Gasteiger partial charge in [0.1, 0.15) is 11.2 Å². The Kier molecular flexibility index (Phi) is 6.02. The van der Waals surface area contributed by atoms with Crippen LogP contribution in [0.2, 0.25) is 0 Å². The summed E-state index contributed by atoms with van der Waals surface area (Å²) in [6.45, 7) is 0. The molecule has 1 heterocycles. The molecule has 0 spiro atoms. The molecule has 0 fully saturated rings. The molecule has 0 bridgehead atoms. The lowest BCUT2D eigenvalue weighted by Gasteiger charge is -2.19. The van der Waals surface area contributed by atoms with Crippen molar-refractivity contribution in [2.24, 2.45) is 0 Å². The molecular weight excluding hydrogens is 617 g/mol. The standard InChI is InChI=1S/C50H30O/c1-2-14-37-31(11-1)12-9-21-40(37)50-43-18-5-3-16-41(43)49(42-17-4-6-19-44(42)50)36-26-24-32-27-35(25-23-33(32)28-36)38-20-10-13-34-29-46-39-15-7-8-22-47(39)51-48(46)30-45(34)38/h1-30H. The molecule has 1 aromatic heterocycles. The van der Waals surface area contributed by atoms with Crippen molar-refractivity contribution < 1.29 is 4.42 Å². The van der Waals surface area contributed by atoms with Gasteiger partial charge < -0.3 is 4.42 Å². The largest absolute Gasteiger partial charge is 0.456 e. The van der Waals surface area contributed by atoms with E-state index in [0.717, 1.165) is 21.9 Å². The van der Waals surface area contributed by atoms with Crippen molar-refractivity contribution in [1.82, 2.24) is 0 Å². The van der Waals surface area contributed by atoms with Gasteiger partial charge in [-0.3, -0.25) is 0 Å². The van der Waals surface area contributed by atoms with Gasteiger partial charge in [-0.1, -0.05) is 152 Å². The highest BCUT2D eigenvalue weighted by Crippen LogP contribution is 2.46. The van der Waals surface area contributed by atoms with E-state index in [1.54, 1.807) is 0 Å². The zero-order valence-electron chi connectivity index (χ0n) is 27.7. The third kappa shape index (κ3) is 4.28. The Balaban J connectivity index is 1.09. The maximum absolute atomic E-state index is 6.29. The van der Waals surface area contributed by atoms with Crippen molar-refractivity contribution in [3.63, 3.8) is 0 Å². The van der Waals surface area contributed by atoms with Crippen LogP contribution in [0.1, 0.15) is 0 Å². The van der Waals surface area contributed by atoms with Crippen LogP contribution in [0.15, 0.2) is 186 Å². The van der Waals surface area contributed by atoms with Crippen LogP contribution in [0.5, 0.6) is 0 Å². The van der Waals surface area contributed by atoms with Crippen LogP contribution < -0.4 is 0 Å². The monoisotopic (exact) mass is 646 g/mol. The maximum atomic E-state index is 6.29. The normalized spacial score (nSPS) is 11.9. The average Bonchev–Trinajstić information content (AvgIpc) is 3.55. The van der Waals surface area contributed by atoms with Crippen LogP contribution in [0.3, 0.4) is 0 Å². The molecule has 0 radical (unpaired) electrons. The molecule has 0 saturated carbocycles. The number of benzene rings is 10. The summed E-state index contributed by atoms with van der Waals surface area (Å²) in [5.74, 6) is 0. The zero-order valence-corrected chi connectivity index (χ0v) is 27.7. The first kappa shape index (κ1) is 28.2. The zero-order chi connectivity index (χ0) is 33.5. The summed E-state index contributed by atoms with van der Waals surface area (Å²) in [6.07, 6.45) is 0. The van der Waals surface area contributed by atoms with Crippen molar-refractivity contribution in [2.75, 3.05) is 0 Å². The number of rotatable bonds is 3. The number of furan rings is 1. The molecule has 1 heteroatoms. The summed E-state index contributed by atoms with van der Waals surface area (Å²) in [7, 11) is 0. The number of fused-ring (bicyclic) bond motifs is 8. The van der Waals surface area contributed by atoms with Gasteiger partial charge in [0.2, 0.25) is 0 Å². The molecule has 11 aromatic rings. The van der Waals surface area contributed by atoms with Crippen LogP contribution >= 0.6 is 0 Å². The van der Waals surface area contributed by atoms with Crippen LogP contribution in [0.25, 0.3) is 109 Å². The van der Waals surface area contributed by atoms with E-state index in [1.807, 2.05) is 12.1 Å². The van der Waals surface area contributed by atoms with E-state index >= 15 is 0 Å². The third-order valence-corrected chi connectivity index (χ3v) is 10.8. The van der Waals surface area contributed by atoms with E-state index in [2.05, 4.69) is 170 Å². The maximum Gasteiger partial charge on any atom is 0.136 e. The lowest BCUT2D eigenvalue weighted by atomic mass is 9.84. The fourth-order valence-electron chi connectivity index (χ4n) is 8.49. The first-order chi connectivity index (χ1) is 25.3. The topological polar surface area (TPSA) is 13.1 Å². The van der Waals surface area contributed by atoms with Gasteiger partial charge in [0.25, 0.3) is 0 Å². The number of hydrogen-bond donors (Lipinski definition) is 0. The molecular formula is C50H30O. The molecule has 1 nitrogen and oxygen atoms in total. The molecule has 0 N–H and O–H groups in total. The summed E-state index contributed by atoms with van der Waals surface area (Å²) in [5.41, 5.74) is 9.33. The Bertz CT molecular complexity index is 3130. The van der Waals surface area contributed by atoms with Gasteiger partial charge in [0, 0.05) is 10.8 Å². The molecule has 0 saturated heterocycles. The smallest absolute Gasteiger partial charge is 0.136 e.